The minimum absolute atomic E-state index is 0.107. The average Bonchev–Trinajstić information content (AvgIpc) is 2.76. The Morgan fingerprint density at radius 1 is 0.968 bits per heavy atom. The molecule has 0 spiro atoms. The Kier molecular flexibility index (Phi) is 7.41. The van der Waals surface area contributed by atoms with Crippen molar-refractivity contribution in [1.29, 1.82) is 0 Å². The third-order valence-electron chi connectivity index (χ3n) is 5.52. The van der Waals surface area contributed by atoms with Crippen LogP contribution in [0.25, 0.3) is 0 Å². The van der Waals surface area contributed by atoms with Gasteiger partial charge in [0.25, 0.3) is 0 Å². The summed E-state index contributed by atoms with van der Waals surface area (Å²) in [7, 11) is 0. The lowest BCUT2D eigenvalue weighted by Gasteiger charge is -2.24. The van der Waals surface area contributed by atoms with Crippen LogP contribution in [0, 0.1) is 18.2 Å². The van der Waals surface area contributed by atoms with Gasteiger partial charge < -0.3 is 4.74 Å². The van der Waals surface area contributed by atoms with Gasteiger partial charge in [0.05, 0.1) is 5.41 Å². The first-order valence-corrected chi connectivity index (χ1v) is 10.2. The number of alkyl halides is 2. The summed E-state index contributed by atoms with van der Waals surface area (Å²) in [5.41, 5.74) is 3.15. The largest absolute Gasteiger partial charge is 0.435 e. The van der Waals surface area contributed by atoms with Crippen LogP contribution in [-0.4, -0.2) is 6.61 Å². The summed E-state index contributed by atoms with van der Waals surface area (Å²) < 4.78 is 43.4. The molecule has 0 saturated heterocycles. The molecule has 31 heavy (non-hydrogen) atoms. The van der Waals surface area contributed by atoms with E-state index in [9.17, 15) is 13.2 Å². The predicted molar refractivity (Wildman–Crippen MR) is 118 cm³/mol. The summed E-state index contributed by atoms with van der Waals surface area (Å²) in [6.45, 7) is -0.895. The number of hydrogen-bond acceptors (Lipinski definition) is 1. The maximum atomic E-state index is 14.3. The molecule has 1 atom stereocenters. The van der Waals surface area contributed by atoms with Crippen molar-refractivity contribution < 1.29 is 17.9 Å². The molecule has 4 heteroatoms. The highest BCUT2D eigenvalue weighted by molar-refractivity contribution is 5.37. The van der Waals surface area contributed by atoms with Crippen molar-refractivity contribution in [2.24, 2.45) is 0 Å². The van der Waals surface area contributed by atoms with Crippen LogP contribution in [0.1, 0.15) is 42.0 Å². The molecule has 1 unspecified atom stereocenters. The first kappa shape index (κ1) is 22.5. The van der Waals surface area contributed by atoms with Crippen LogP contribution in [0.5, 0.6) is 5.75 Å². The molecule has 0 amide bonds. The van der Waals surface area contributed by atoms with Gasteiger partial charge in [-0.05, 0) is 66.6 Å². The molecule has 0 saturated carbocycles. The summed E-state index contributed by atoms with van der Waals surface area (Å²) in [4.78, 5) is 0. The molecule has 3 rings (SSSR count). The van der Waals surface area contributed by atoms with Crippen LogP contribution in [0.3, 0.4) is 0 Å². The minimum Gasteiger partial charge on any atom is -0.435 e. The number of hydrogen-bond donors (Lipinski definition) is 0. The Labute approximate surface area is 181 Å². The lowest BCUT2D eigenvalue weighted by atomic mass is 9.78. The van der Waals surface area contributed by atoms with Crippen LogP contribution in [0.15, 0.2) is 72.8 Å². The van der Waals surface area contributed by atoms with Gasteiger partial charge in [-0.2, -0.15) is 8.78 Å². The van der Waals surface area contributed by atoms with Crippen molar-refractivity contribution in [3.63, 3.8) is 0 Å². The topological polar surface area (TPSA) is 9.23 Å². The fourth-order valence-corrected chi connectivity index (χ4v) is 3.68. The number of aryl methyl sites for hydroxylation is 1. The second kappa shape index (κ2) is 10.2. The fraction of sp³-hybridized carbons (Fsp3) is 0.259. The molecular formula is C27H25F3O. The van der Waals surface area contributed by atoms with Crippen LogP contribution in [0.4, 0.5) is 13.2 Å². The summed E-state index contributed by atoms with van der Waals surface area (Å²) in [6, 6.07) is 21.5. The van der Waals surface area contributed by atoms with E-state index in [2.05, 4.69) is 10.7 Å². The van der Waals surface area contributed by atoms with Gasteiger partial charge in [-0.1, -0.05) is 60.5 Å². The molecule has 0 aliphatic carbocycles. The normalized spacial score (nSPS) is 12.9. The molecule has 1 nitrogen and oxygen atoms in total. The third kappa shape index (κ3) is 6.15. The van der Waals surface area contributed by atoms with E-state index in [0.29, 0.717) is 18.4 Å². The highest BCUT2D eigenvalue weighted by Crippen LogP contribution is 2.31. The van der Waals surface area contributed by atoms with E-state index in [4.69, 9.17) is 6.42 Å². The van der Waals surface area contributed by atoms with Crippen molar-refractivity contribution in [3.05, 3.63) is 101 Å². The van der Waals surface area contributed by atoms with E-state index < -0.39 is 12.0 Å². The first-order valence-electron chi connectivity index (χ1n) is 10.2. The fourth-order valence-electron chi connectivity index (χ4n) is 3.68. The second-order valence-electron chi connectivity index (χ2n) is 7.82. The van der Waals surface area contributed by atoms with E-state index in [1.807, 2.05) is 49.4 Å². The zero-order valence-electron chi connectivity index (χ0n) is 17.5. The molecule has 0 aliphatic rings. The highest BCUT2D eigenvalue weighted by Gasteiger charge is 2.23. The number of benzene rings is 3. The number of terminal acetylenes is 1. The van der Waals surface area contributed by atoms with Crippen molar-refractivity contribution in [3.8, 4) is 18.1 Å². The Balaban J connectivity index is 1.64. The van der Waals surface area contributed by atoms with Crippen molar-refractivity contribution >= 4 is 0 Å². The van der Waals surface area contributed by atoms with E-state index in [0.717, 1.165) is 29.5 Å². The number of ether oxygens (including phenoxy) is 1. The van der Waals surface area contributed by atoms with E-state index >= 15 is 0 Å². The van der Waals surface area contributed by atoms with Crippen molar-refractivity contribution in [2.45, 2.75) is 44.6 Å². The lowest BCUT2D eigenvalue weighted by Crippen LogP contribution is -2.19. The number of rotatable bonds is 9. The van der Waals surface area contributed by atoms with Gasteiger partial charge in [-0.3, -0.25) is 0 Å². The van der Waals surface area contributed by atoms with E-state index in [1.54, 1.807) is 12.1 Å². The predicted octanol–water partition coefficient (Wildman–Crippen LogP) is 6.93. The Morgan fingerprint density at radius 3 is 2.32 bits per heavy atom. The molecule has 0 heterocycles. The van der Waals surface area contributed by atoms with E-state index in [1.165, 1.54) is 18.2 Å². The summed E-state index contributed by atoms with van der Waals surface area (Å²) >= 11 is 0. The van der Waals surface area contributed by atoms with Gasteiger partial charge in [-0.25, -0.2) is 4.39 Å². The van der Waals surface area contributed by atoms with Crippen LogP contribution in [-0.2, 0) is 18.3 Å². The SMILES string of the molecule is C#CC(C)(CCCc1ccc(F)c(Cc2ccccc2)c1)c1ccc(OC(F)F)cc1. The molecule has 3 aromatic carbocycles. The molecule has 0 aromatic heterocycles. The Morgan fingerprint density at radius 2 is 1.68 bits per heavy atom. The average molecular weight is 422 g/mol. The second-order valence-corrected chi connectivity index (χ2v) is 7.82. The van der Waals surface area contributed by atoms with Gasteiger partial charge in [-0.15, -0.1) is 6.42 Å². The van der Waals surface area contributed by atoms with Crippen molar-refractivity contribution in [1.82, 2.24) is 0 Å². The smallest absolute Gasteiger partial charge is 0.387 e. The molecule has 0 radical (unpaired) electrons. The zero-order chi connectivity index (χ0) is 22.3. The van der Waals surface area contributed by atoms with Gasteiger partial charge in [0.1, 0.15) is 11.6 Å². The van der Waals surface area contributed by atoms with Crippen LogP contribution in [0.2, 0.25) is 0 Å². The third-order valence-corrected chi connectivity index (χ3v) is 5.52. The minimum atomic E-state index is -2.85. The van der Waals surface area contributed by atoms with Gasteiger partial charge >= 0.3 is 6.61 Å². The van der Waals surface area contributed by atoms with Crippen molar-refractivity contribution in [2.75, 3.05) is 0 Å². The monoisotopic (exact) mass is 422 g/mol. The van der Waals surface area contributed by atoms with Crippen LogP contribution < -0.4 is 4.74 Å². The van der Waals surface area contributed by atoms with Gasteiger partial charge in [0.2, 0.25) is 0 Å². The summed E-state index contributed by atoms with van der Waals surface area (Å²) in [5.74, 6) is 2.75. The first-order chi connectivity index (χ1) is 14.9. The summed E-state index contributed by atoms with van der Waals surface area (Å²) in [5, 5.41) is 0. The molecule has 0 N–H and O–H groups in total. The standard InChI is InChI=1S/C27H25F3O/c1-3-27(2,23-12-14-24(15-13-23)31-26(29)30)17-7-10-21-11-16-25(28)22(19-21)18-20-8-5-4-6-9-20/h1,4-6,8-9,11-16,19,26H,7,10,17-18H2,2H3. The van der Waals surface area contributed by atoms with Crippen LogP contribution >= 0.6 is 0 Å². The van der Waals surface area contributed by atoms with Gasteiger partial charge in [0, 0.05) is 6.42 Å². The molecular weight excluding hydrogens is 397 g/mol. The lowest BCUT2D eigenvalue weighted by molar-refractivity contribution is -0.0498. The quantitative estimate of drug-likeness (QED) is 0.340. The maximum absolute atomic E-state index is 14.3. The van der Waals surface area contributed by atoms with E-state index in [-0.39, 0.29) is 11.6 Å². The highest BCUT2D eigenvalue weighted by atomic mass is 19.3. The molecule has 0 bridgehead atoms. The maximum Gasteiger partial charge on any atom is 0.387 e. The molecule has 3 aromatic rings. The molecule has 0 fully saturated rings. The summed E-state index contributed by atoms with van der Waals surface area (Å²) in [6.07, 6.45) is 8.66. The zero-order valence-corrected chi connectivity index (χ0v) is 17.5. The molecule has 160 valence electrons. The molecule has 0 aliphatic heterocycles. The number of halogens is 3. The van der Waals surface area contributed by atoms with Gasteiger partial charge in [0.15, 0.2) is 0 Å². The Bertz CT molecular complexity index is 1020. The Hall–Kier alpha value is -3.19.